The zero-order chi connectivity index (χ0) is 10.9. The molecule has 0 aliphatic carbocycles. The zero-order valence-corrected chi connectivity index (χ0v) is 8.32. The number of halogens is 1. The van der Waals surface area contributed by atoms with E-state index in [0.717, 1.165) is 0 Å². The first-order valence-electron chi connectivity index (χ1n) is 4.91. The lowest BCUT2D eigenvalue weighted by atomic mass is 9.82. The third kappa shape index (κ3) is 1.65. The van der Waals surface area contributed by atoms with E-state index in [1.165, 1.54) is 6.07 Å². The summed E-state index contributed by atoms with van der Waals surface area (Å²) in [6, 6.07) is 6.37. The van der Waals surface area contributed by atoms with Gasteiger partial charge in [-0.3, -0.25) is 0 Å². The van der Waals surface area contributed by atoms with E-state index in [1.807, 2.05) is 0 Å². The average molecular weight is 211 g/mol. The van der Waals surface area contributed by atoms with Crippen molar-refractivity contribution >= 4 is 0 Å². The van der Waals surface area contributed by atoms with Crippen LogP contribution in [0.25, 0.3) is 0 Å². The van der Waals surface area contributed by atoms with Gasteiger partial charge in [0.2, 0.25) is 0 Å². The van der Waals surface area contributed by atoms with E-state index in [1.54, 1.807) is 18.2 Å². The fourth-order valence-electron chi connectivity index (χ4n) is 1.99. The summed E-state index contributed by atoms with van der Waals surface area (Å²) >= 11 is 0. The largest absolute Gasteiger partial charge is 0.396 e. The first-order valence-corrected chi connectivity index (χ1v) is 4.91. The molecule has 3 N–H and O–H groups in total. The van der Waals surface area contributed by atoms with Gasteiger partial charge in [-0.25, -0.2) is 4.39 Å². The van der Waals surface area contributed by atoms with Gasteiger partial charge in [-0.2, -0.15) is 0 Å². The third-order valence-corrected chi connectivity index (χ3v) is 2.98. The van der Waals surface area contributed by atoms with Gasteiger partial charge in [-0.05, 0) is 6.07 Å². The summed E-state index contributed by atoms with van der Waals surface area (Å²) in [5.41, 5.74) is 5.63. The molecule has 1 heterocycles. The van der Waals surface area contributed by atoms with Crippen molar-refractivity contribution in [3.05, 3.63) is 35.6 Å². The van der Waals surface area contributed by atoms with E-state index >= 15 is 0 Å². The number of ether oxygens (including phenoxy) is 1. The molecular weight excluding hydrogens is 197 g/mol. The Morgan fingerprint density at radius 3 is 2.93 bits per heavy atom. The van der Waals surface area contributed by atoms with E-state index in [9.17, 15) is 9.50 Å². The number of aliphatic hydroxyl groups is 1. The highest BCUT2D eigenvalue weighted by atomic mass is 19.1. The van der Waals surface area contributed by atoms with Crippen LogP contribution in [0.5, 0.6) is 0 Å². The van der Waals surface area contributed by atoms with Gasteiger partial charge in [0.05, 0.1) is 25.4 Å². The SMILES string of the molecule is N[C@]1(c2ccccc2F)COC[C@@H]1CO. The number of benzene rings is 1. The Bertz CT molecular complexity index is 358. The lowest BCUT2D eigenvalue weighted by Crippen LogP contribution is -2.45. The van der Waals surface area contributed by atoms with Crippen molar-refractivity contribution in [3.63, 3.8) is 0 Å². The van der Waals surface area contributed by atoms with Crippen molar-refractivity contribution in [2.75, 3.05) is 19.8 Å². The van der Waals surface area contributed by atoms with Crippen molar-refractivity contribution in [3.8, 4) is 0 Å². The summed E-state index contributed by atoms with van der Waals surface area (Å²) in [5, 5.41) is 9.17. The van der Waals surface area contributed by atoms with Gasteiger partial charge in [-0.1, -0.05) is 18.2 Å². The van der Waals surface area contributed by atoms with Crippen LogP contribution >= 0.6 is 0 Å². The van der Waals surface area contributed by atoms with Crippen LogP contribution in [-0.2, 0) is 10.3 Å². The molecule has 0 amide bonds. The summed E-state index contributed by atoms with van der Waals surface area (Å²) in [7, 11) is 0. The summed E-state index contributed by atoms with van der Waals surface area (Å²) in [6.07, 6.45) is 0. The Balaban J connectivity index is 2.40. The fourth-order valence-corrected chi connectivity index (χ4v) is 1.99. The standard InChI is InChI=1S/C11H14FNO2/c12-10-4-2-1-3-9(10)11(13)7-15-6-8(11)5-14/h1-4,8,14H,5-7,13H2/t8-,11+/m0/s1. The van der Waals surface area contributed by atoms with Gasteiger partial charge in [0.25, 0.3) is 0 Å². The minimum absolute atomic E-state index is 0.0924. The molecule has 1 fully saturated rings. The topological polar surface area (TPSA) is 55.5 Å². The zero-order valence-electron chi connectivity index (χ0n) is 8.32. The molecule has 0 bridgehead atoms. The Morgan fingerprint density at radius 2 is 2.27 bits per heavy atom. The van der Waals surface area contributed by atoms with Crippen LogP contribution in [-0.4, -0.2) is 24.9 Å². The molecule has 4 heteroatoms. The summed E-state index contributed by atoms with van der Waals surface area (Å²) in [6.45, 7) is 0.533. The maximum Gasteiger partial charge on any atom is 0.128 e. The van der Waals surface area contributed by atoms with Crippen LogP contribution in [0, 0.1) is 11.7 Å². The lowest BCUT2D eigenvalue weighted by Gasteiger charge is -2.29. The minimum Gasteiger partial charge on any atom is -0.396 e. The van der Waals surface area contributed by atoms with E-state index in [0.29, 0.717) is 12.2 Å². The van der Waals surface area contributed by atoms with Crippen LogP contribution in [0.1, 0.15) is 5.56 Å². The van der Waals surface area contributed by atoms with Crippen molar-refractivity contribution in [2.45, 2.75) is 5.54 Å². The molecule has 0 unspecified atom stereocenters. The van der Waals surface area contributed by atoms with Crippen LogP contribution in [0.2, 0.25) is 0 Å². The van der Waals surface area contributed by atoms with Crippen molar-refractivity contribution in [2.24, 2.45) is 11.7 Å². The molecule has 0 saturated carbocycles. The predicted octanol–water partition coefficient (Wildman–Crippen LogP) is 0.618. The van der Waals surface area contributed by atoms with Gasteiger partial charge in [-0.15, -0.1) is 0 Å². The average Bonchev–Trinajstić information content (AvgIpc) is 2.61. The second-order valence-electron chi connectivity index (χ2n) is 3.91. The first-order chi connectivity index (χ1) is 7.18. The van der Waals surface area contributed by atoms with Crippen LogP contribution in [0.15, 0.2) is 24.3 Å². The first kappa shape index (κ1) is 10.5. The molecule has 0 radical (unpaired) electrons. The van der Waals surface area contributed by atoms with Crippen LogP contribution < -0.4 is 5.73 Å². The molecule has 2 rings (SSSR count). The molecule has 3 nitrogen and oxygen atoms in total. The highest BCUT2D eigenvalue weighted by molar-refractivity contribution is 5.28. The number of hydrogen-bond acceptors (Lipinski definition) is 3. The molecule has 1 aliphatic heterocycles. The number of hydrogen-bond donors (Lipinski definition) is 2. The van der Waals surface area contributed by atoms with Gasteiger partial charge < -0.3 is 15.6 Å². The van der Waals surface area contributed by atoms with Gasteiger partial charge in [0, 0.05) is 11.5 Å². The van der Waals surface area contributed by atoms with Gasteiger partial charge in [0.15, 0.2) is 0 Å². The van der Waals surface area contributed by atoms with Gasteiger partial charge >= 0.3 is 0 Å². The molecular formula is C11H14FNO2. The summed E-state index contributed by atoms with van der Waals surface area (Å²) in [4.78, 5) is 0. The van der Waals surface area contributed by atoms with Gasteiger partial charge in [0.1, 0.15) is 5.82 Å². The second-order valence-corrected chi connectivity index (χ2v) is 3.91. The van der Waals surface area contributed by atoms with Crippen molar-refractivity contribution in [1.29, 1.82) is 0 Å². The number of nitrogens with two attached hydrogens (primary N) is 1. The number of rotatable bonds is 2. The monoisotopic (exact) mass is 211 g/mol. The fraction of sp³-hybridized carbons (Fsp3) is 0.455. The van der Waals surface area contributed by atoms with E-state index in [4.69, 9.17) is 10.5 Å². The molecule has 1 aromatic rings. The quantitative estimate of drug-likeness (QED) is 0.754. The molecule has 1 saturated heterocycles. The van der Waals surface area contributed by atoms with E-state index in [2.05, 4.69) is 0 Å². The molecule has 2 atom stereocenters. The summed E-state index contributed by atoms with van der Waals surface area (Å²) < 4.78 is 18.8. The number of aliphatic hydroxyl groups excluding tert-OH is 1. The Hall–Kier alpha value is -0.970. The Labute approximate surface area is 87.7 Å². The molecule has 0 aromatic heterocycles. The summed E-state index contributed by atoms with van der Waals surface area (Å²) in [5.74, 6) is -0.585. The second kappa shape index (κ2) is 3.89. The molecule has 1 aliphatic rings. The van der Waals surface area contributed by atoms with Crippen LogP contribution in [0.3, 0.4) is 0 Å². The van der Waals surface area contributed by atoms with E-state index in [-0.39, 0.29) is 24.9 Å². The van der Waals surface area contributed by atoms with Crippen molar-refractivity contribution in [1.82, 2.24) is 0 Å². The smallest absolute Gasteiger partial charge is 0.128 e. The minimum atomic E-state index is -0.903. The molecule has 1 aromatic carbocycles. The molecule has 0 spiro atoms. The maximum atomic E-state index is 13.6. The Kier molecular flexibility index (Phi) is 2.73. The third-order valence-electron chi connectivity index (χ3n) is 2.98. The molecule has 82 valence electrons. The highest BCUT2D eigenvalue weighted by Crippen LogP contribution is 2.34. The van der Waals surface area contributed by atoms with E-state index < -0.39 is 5.54 Å². The molecule has 15 heavy (non-hydrogen) atoms. The normalized spacial score (nSPS) is 30.7. The van der Waals surface area contributed by atoms with Crippen molar-refractivity contribution < 1.29 is 14.2 Å². The maximum absolute atomic E-state index is 13.6. The predicted molar refractivity (Wildman–Crippen MR) is 53.7 cm³/mol. The Morgan fingerprint density at radius 1 is 1.53 bits per heavy atom. The highest BCUT2D eigenvalue weighted by Gasteiger charge is 2.43. The lowest BCUT2D eigenvalue weighted by molar-refractivity contribution is 0.160. The van der Waals surface area contributed by atoms with Crippen LogP contribution in [0.4, 0.5) is 4.39 Å².